The van der Waals surface area contributed by atoms with Crippen LogP contribution in [0.4, 0.5) is 5.69 Å². The van der Waals surface area contributed by atoms with Crippen LogP contribution in [0, 0.1) is 0 Å². The van der Waals surface area contributed by atoms with Crippen molar-refractivity contribution in [3.05, 3.63) is 30.5 Å². The van der Waals surface area contributed by atoms with Crippen LogP contribution in [0.3, 0.4) is 0 Å². The topological polar surface area (TPSA) is 11.4 Å². The molecule has 3 rings (SSSR count). The first kappa shape index (κ1) is 19.5. The van der Waals surface area contributed by atoms with E-state index in [2.05, 4.69) is 93.1 Å². The molecule has 2 heterocycles. The van der Waals surface area contributed by atoms with Crippen LogP contribution in [-0.2, 0) is 0 Å². The Kier molecular flexibility index (Phi) is 5.55. The van der Waals surface area contributed by atoms with Gasteiger partial charge in [0.2, 0.25) is 0 Å². The molecule has 0 saturated carbocycles. The molecule has 2 aromatic rings. The fourth-order valence-electron chi connectivity index (χ4n) is 5.65. The van der Waals surface area contributed by atoms with E-state index in [4.69, 9.17) is 0 Å². The maximum Gasteiger partial charge on any atom is 0.169 e. The molecule has 0 unspecified atom stereocenters. The van der Waals surface area contributed by atoms with Gasteiger partial charge < -0.3 is 14.0 Å². The van der Waals surface area contributed by atoms with Gasteiger partial charge in [-0.15, -0.1) is 0 Å². The maximum atomic E-state index is 2.74. The molecular weight excluding hydrogens is 334 g/mol. The van der Waals surface area contributed by atoms with Crippen LogP contribution >= 0.6 is 0 Å². The van der Waals surface area contributed by atoms with E-state index >= 15 is 0 Å². The van der Waals surface area contributed by atoms with Gasteiger partial charge in [0, 0.05) is 42.8 Å². The van der Waals surface area contributed by atoms with Crippen molar-refractivity contribution in [3.8, 4) is 0 Å². The molecular formula is C22H37N3Si. The van der Waals surface area contributed by atoms with Gasteiger partial charge in [-0.2, -0.15) is 0 Å². The molecule has 1 aromatic heterocycles. The number of hydrogen-bond donors (Lipinski definition) is 0. The first-order chi connectivity index (χ1) is 12.3. The summed E-state index contributed by atoms with van der Waals surface area (Å²) in [6, 6.07) is 9.33. The van der Waals surface area contributed by atoms with Gasteiger partial charge >= 0.3 is 0 Å². The highest BCUT2D eigenvalue weighted by Gasteiger charge is 2.45. The summed E-state index contributed by atoms with van der Waals surface area (Å²) in [6.45, 7) is 19.2. The van der Waals surface area contributed by atoms with Gasteiger partial charge in [-0.25, -0.2) is 0 Å². The molecule has 0 radical (unpaired) electrons. The summed E-state index contributed by atoms with van der Waals surface area (Å²) in [4.78, 5) is 5.01. The van der Waals surface area contributed by atoms with Crippen LogP contribution in [0.25, 0.3) is 10.9 Å². The molecule has 1 aliphatic rings. The van der Waals surface area contributed by atoms with Gasteiger partial charge in [-0.1, -0.05) is 47.6 Å². The second kappa shape index (κ2) is 7.39. The van der Waals surface area contributed by atoms with Crippen LogP contribution < -0.4 is 4.90 Å². The molecule has 0 bridgehead atoms. The number of anilines is 1. The Morgan fingerprint density at radius 2 is 1.38 bits per heavy atom. The Morgan fingerprint density at radius 1 is 0.808 bits per heavy atom. The molecule has 0 aliphatic carbocycles. The molecule has 4 heteroatoms. The average Bonchev–Trinajstić information content (AvgIpc) is 3.00. The zero-order valence-electron chi connectivity index (χ0n) is 17.8. The first-order valence-corrected chi connectivity index (χ1v) is 12.5. The van der Waals surface area contributed by atoms with Gasteiger partial charge in [0.15, 0.2) is 8.24 Å². The number of hydrogen-bond acceptors (Lipinski definition) is 2. The lowest BCUT2D eigenvalue weighted by molar-refractivity contribution is 0.313. The third-order valence-corrected chi connectivity index (χ3v) is 13.5. The van der Waals surface area contributed by atoms with Gasteiger partial charge in [0.1, 0.15) is 0 Å². The molecule has 0 N–H and O–H groups in total. The lowest BCUT2D eigenvalue weighted by Gasteiger charge is -2.44. The van der Waals surface area contributed by atoms with Gasteiger partial charge in [0.25, 0.3) is 0 Å². The second-order valence-electron chi connectivity index (χ2n) is 9.04. The zero-order valence-corrected chi connectivity index (χ0v) is 18.8. The van der Waals surface area contributed by atoms with E-state index in [9.17, 15) is 0 Å². The summed E-state index contributed by atoms with van der Waals surface area (Å²) in [5.74, 6) is 0. The van der Waals surface area contributed by atoms with E-state index < -0.39 is 8.24 Å². The fraction of sp³-hybridized carbons (Fsp3) is 0.636. The van der Waals surface area contributed by atoms with Crippen molar-refractivity contribution in [2.75, 3.05) is 38.1 Å². The Bertz CT molecular complexity index is 717. The average molecular weight is 372 g/mol. The van der Waals surface area contributed by atoms with Crippen LogP contribution in [0.2, 0.25) is 16.6 Å². The summed E-state index contributed by atoms with van der Waals surface area (Å²) in [6.07, 6.45) is 2.41. The summed E-state index contributed by atoms with van der Waals surface area (Å²) in [5, 5.41) is 1.44. The second-order valence-corrected chi connectivity index (χ2v) is 14.8. The molecule has 0 amide bonds. The predicted octanol–water partition coefficient (Wildman–Crippen LogP) is 5.42. The van der Waals surface area contributed by atoms with E-state index in [1.807, 2.05) is 0 Å². The Morgan fingerprint density at radius 3 is 1.92 bits per heavy atom. The minimum absolute atomic E-state index is 0.713. The summed E-state index contributed by atoms with van der Waals surface area (Å²) < 4.78 is 2.74. The molecule has 1 saturated heterocycles. The van der Waals surface area contributed by atoms with E-state index in [0.29, 0.717) is 16.6 Å². The molecule has 3 nitrogen and oxygen atoms in total. The molecule has 144 valence electrons. The highest BCUT2D eigenvalue weighted by Crippen LogP contribution is 2.45. The predicted molar refractivity (Wildman–Crippen MR) is 118 cm³/mol. The van der Waals surface area contributed by atoms with Crippen LogP contribution in [0.15, 0.2) is 30.5 Å². The molecule has 26 heavy (non-hydrogen) atoms. The SMILES string of the molecule is CC(C)[Si](C(C)C)(C(C)C)n1ccc2c(N3CCN(C)CC3)cccc21. The first-order valence-electron chi connectivity index (χ1n) is 10.3. The number of likely N-dealkylation sites (N-methyl/N-ethyl adjacent to an activating group) is 1. The van der Waals surface area contributed by atoms with E-state index in [1.165, 1.54) is 16.6 Å². The lowest BCUT2D eigenvalue weighted by Crippen LogP contribution is -2.51. The Labute approximate surface area is 161 Å². The number of benzene rings is 1. The Hall–Kier alpha value is -1.26. The minimum atomic E-state index is -1.71. The molecule has 0 spiro atoms. The molecule has 1 fully saturated rings. The van der Waals surface area contributed by atoms with Gasteiger partial charge in [-0.05, 0) is 48.1 Å². The quantitative estimate of drug-likeness (QED) is 0.650. The van der Waals surface area contributed by atoms with E-state index in [1.54, 1.807) is 0 Å². The van der Waals surface area contributed by atoms with Crippen molar-refractivity contribution < 1.29 is 0 Å². The molecule has 1 aromatic carbocycles. The van der Waals surface area contributed by atoms with E-state index in [-0.39, 0.29) is 0 Å². The smallest absolute Gasteiger partial charge is 0.169 e. The standard InChI is InChI=1S/C22H37N3Si/c1-17(2)26(18(3)4,19(5)6)25-12-11-20-21(9-8-10-22(20)25)24-15-13-23(7)14-16-24/h8-12,17-19H,13-16H2,1-7H3. The number of fused-ring (bicyclic) bond motifs is 1. The van der Waals surface area contributed by atoms with Crippen molar-refractivity contribution in [1.82, 2.24) is 9.13 Å². The van der Waals surface area contributed by atoms with Crippen molar-refractivity contribution in [1.29, 1.82) is 0 Å². The third kappa shape index (κ3) is 3.01. The summed E-state index contributed by atoms with van der Waals surface area (Å²) >= 11 is 0. The number of rotatable bonds is 5. The normalized spacial score (nSPS) is 17.2. The van der Waals surface area contributed by atoms with Crippen LogP contribution in [0.5, 0.6) is 0 Å². The maximum absolute atomic E-state index is 2.74. The van der Waals surface area contributed by atoms with Crippen LogP contribution in [-0.4, -0.2) is 50.6 Å². The highest BCUT2D eigenvalue weighted by molar-refractivity contribution is 6.82. The summed E-state index contributed by atoms with van der Waals surface area (Å²) in [7, 11) is 0.515. The highest BCUT2D eigenvalue weighted by atomic mass is 28.3. The van der Waals surface area contributed by atoms with Crippen molar-refractivity contribution in [3.63, 3.8) is 0 Å². The largest absolute Gasteiger partial charge is 0.373 e. The number of piperazine rings is 1. The van der Waals surface area contributed by atoms with Crippen LogP contribution in [0.1, 0.15) is 41.5 Å². The molecule has 0 atom stereocenters. The zero-order chi connectivity index (χ0) is 19.1. The minimum Gasteiger partial charge on any atom is -0.373 e. The van der Waals surface area contributed by atoms with Gasteiger partial charge in [-0.3, -0.25) is 0 Å². The third-order valence-electron chi connectivity index (χ3n) is 6.75. The molecule has 1 aliphatic heterocycles. The van der Waals surface area contributed by atoms with Crippen molar-refractivity contribution in [2.45, 2.75) is 58.2 Å². The Balaban J connectivity index is 2.13. The fourth-order valence-corrected chi connectivity index (χ4v) is 12.3. The van der Waals surface area contributed by atoms with Gasteiger partial charge in [0.05, 0.1) is 0 Å². The summed E-state index contributed by atoms with van der Waals surface area (Å²) in [5.41, 5.74) is 5.01. The monoisotopic (exact) mass is 371 g/mol. The van der Waals surface area contributed by atoms with E-state index in [0.717, 1.165) is 26.2 Å². The lowest BCUT2D eigenvalue weighted by atomic mass is 10.2. The number of nitrogens with zero attached hydrogens (tertiary/aromatic N) is 3. The van der Waals surface area contributed by atoms with Crippen molar-refractivity contribution >= 4 is 24.8 Å². The number of aromatic nitrogens is 1. The van der Waals surface area contributed by atoms with Crippen molar-refractivity contribution in [2.24, 2.45) is 0 Å².